The number of hydrogen-bond donors (Lipinski definition) is 1. The van der Waals surface area contributed by atoms with Gasteiger partial charge in [0.05, 0.1) is 0 Å². The second kappa shape index (κ2) is 7.39. The first-order chi connectivity index (χ1) is 9.16. The molecule has 3 nitrogen and oxygen atoms in total. The Morgan fingerprint density at radius 2 is 2.11 bits per heavy atom. The number of aryl methyl sites for hydroxylation is 1. The summed E-state index contributed by atoms with van der Waals surface area (Å²) in [5, 5.41) is 5.75. The SMILES string of the molecule is Cc1ccsc1CNCCN1CCC(N(C)C)CC1. The van der Waals surface area contributed by atoms with Gasteiger partial charge in [0.15, 0.2) is 0 Å². The van der Waals surface area contributed by atoms with Crippen molar-refractivity contribution in [3.63, 3.8) is 0 Å². The molecule has 1 N–H and O–H groups in total. The van der Waals surface area contributed by atoms with Crippen molar-refractivity contribution < 1.29 is 0 Å². The molecule has 0 bridgehead atoms. The van der Waals surface area contributed by atoms with E-state index in [0.717, 1.165) is 19.1 Å². The molecule has 1 aromatic rings. The molecular formula is C15H27N3S. The van der Waals surface area contributed by atoms with Crippen LogP contribution in [0, 0.1) is 6.92 Å². The van der Waals surface area contributed by atoms with E-state index in [4.69, 9.17) is 0 Å². The minimum Gasteiger partial charge on any atom is -0.311 e. The van der Waals surface area contributed by atoms with Gasteiger partial charge in [0.1, 0.15) is 0 Å². The summed E-state index contributed by atoms with van der Waals surface area (Å²) in [5.41, 5.74) is 1.42. The van der Waals surface area contributed by atoms with Crippen LogP contribution in [-0.2, 0) is 6.54 Å². The topological polar surface area (TPSA) is 18.5 Å². The predicted molar refractivity (Wildman–Crippen MR) is 83.9 cm³/mol. The minimum atomic E-state index is 0.790. The van der Waals surface area contributed by atoms with Crippen LogP contribution in [0.2, 0.25) is 0 Å². The molecule has 0 atom stereocenters. The molecule has 2 heterocycles. The smallest absolute Gasteiger partial charge is 0.0302 e. The van der Waals surface area contributed by atoms with Crippen LogP contribution in [0.4, 0.5) is 0 Å². The van der Waals surface area contributed by atoms with Gasteiger partial charge in [-0.05, 0) is 64.0 Å². The number of hydrogen-bond acceptors (Lipinski definition) is 4. The Labute approximate surface area is 121 Å². The Hall–Kier alpha value is -0.420. The van der Waals surface area contributed by atoms with Gasteiger partial charge in [-0.25, -0.2) is 0 Å². The Morgan fingerprint density at radius 3 is 2.68 bits per heavy atom. The first-order valence-electron chi connectivity index (χ1n) is 7.29. The van der Waals surface area contributed by atoms with Crippen LogP contribution in [-0.4, -0.2) is 56.1 Å². The van der Waals surface area contributed by atoms with E-state index in [1.165, 1.54) is 42.9 Å². The Morgan fingerprint density at radius 1 is 1.37 bits per heavy atom. The van der Waals surface area contributed by atoms with E-state index in [1.807, 2.05) is 11.3 Å². The average Bonchev–Trinajstić information content (AvgIpc) is 2.81. The third-order valence-electron chi connectivity index (χ3n) is 4.15. The summed E-state index contributed by atoms with van der Waals surface area (Å²) < 4.78 is 0. The summed E-state index contributed by atoms with van der Waals surface area (Å²) in [5.74, 6) is 0. The molecular weight excluding hydrogens is 254 g/mol. The number of nitrogens with zero attached hydrogens (tertiary/aromatic N) is 2. The molecule has 0 unspecified atom stereocenters. The fraction of sp³-hybridized carbons (Fsp3) is 0.733. The number of piperidine rings is 1. The fourth-order valence-corrected chi connectivity index (χ4v) is 3.56. The van der Waals surface area contributed by atoms with Crippen molar-refractivity contribution in [3.05, 3.63) is 21.9 Å². The third kappa shape index (κ3) is 4.56. The van der Waals surface area contributed by atoms with Crippen molar-refractivity contribution in [1.29, 1.82) is 0 Å². The van der Waals surface area contributed by atoms with E-state index in [1.54, 1.807) is 0 Å². The Bertz CT molecular complexity index is 367. The molecule has 1 aliphatic rings. The molecule has 0 amide bonds. The van der Waals surface area contributed by atoms with Crippen LogP contribution < -0.4 is 5.32 Å². The maximum Gasteiger partial charge on any atom is 0.0302 e. The van der Waals surface area contributed by atoms with Crippen molar-refractivity contribution >= 4 is 11.3 Å². The zero-order chi connectivity index (χ0) is 13.7. The molecule has 1 fully saturated rings. The standard InChI is InChI=1S/C15H27N3S/c1-13-6-11-19-15(13)12-16-7-10-18-8-4-14(5-9-18)17(2)3/h6,11,14,16H,4-5,7-10,12H2,1-3H3. The minimum absolute atomic E-state index is 0.790. The molecule has 1 saturated heterocycles. The van der Waals surface area contributed by atoms with Gasteiger partial charge >= 0.3 is 0 Å². The molecule has 4 heteroatoms. The van der Waals surface area contributed by atoms with E-state index >= 15 is 0 Å². The van der Waals surface area contributed by atoms with Gasteiger partial charge in [-0.15, -0.1) is 11.3 Å². The van der Waals surface area contributed by atoms with E-state index < -0.39 is 0 Å². The number of likely N-dealkylation sites (tertiary alicyclic amines) is 1. The summed E-state index contributed by atoms with van der Waals surface area (Å²) in [6, 6.07) is 2.99. The summed E-state index contributed by atoms with van der Waals surface area (Å²) in [4.78, 5) is 6.44. The van der Waals surface area contributed by atoms with Gasteiger partial charge in [0, 0.05) is 30.6 Å². The highest BCUT2D eigenvalue weighted by Crippen LogP contribution is 2.15. The normalized spacial score (nSPS) is 18.3. The maximum atomic E-state index is 3.57. The molecule has 0 aliphatic carbocycles. The monoisotopic (exact) mass is 281 g/mol. The second-order valence-electron chi connectivity index (χ2n) is 5.74. The Balaban J connectivity index is 1.58. The van der Waals surface area contributed by atoms with Crippen molar-refractivity contribution in [1.82, 2.24) is 15.1 Å². The molecule has 19 heavy (non-hydrogen) atoms. The largest absolute Gasteiger partial charge is 0.311 e. The number of thiophene rings is 1. The second-order valence-corrected chi connectivity index (χ2v) is 6.74. The third-order valence-corrected chi connectivity index (χ3v) is 5.17. The number of nitrogens with one attached hydrogen (secondary N) is 1. The predicted octanol–water partition coefficient (Wildman–Crippen LogP) is 2.17. The van der Waals surface area contributed by atoms with Gasteiger partial charge in [-0.2, -0.15) is 0 Å². The molecule has 0 aromatic carbocycles. The maximum absolute atomic E-state index is 3.57. The molecule has 0 spiro atoms. The average molecular weight is 281 g/mol. The molecule has 0 saturated carbocycles. The van der Waals surface area contributed by atoms with E-state index in [-0.39, 0.29) is 0 Å². The van der Waals surface area contributed by atoms with Crippen LogP contribution in [0.25, 0.3) is 0 Å². The highest BCUT2D eigenvalue weighted by atomic mass is 32.1. The van der Waals surface area contributed by atoms with Gasteiger partial charge in [0.2, 0.25) is 0 Å². The van der Waals surface area contributed by atoms with Crippen LogP contribution in [0.3, 0.4) is 0 Å². The zero-order valence-electron chi connectivity index (χ0n) is 12.5. The van der Waals surface area contributed by atoms with Crippen LogP contribution in [0.1, 0.15) is 23.3 Å². The van der Waals surface area contributed by atoms with Gasteiger partial charge in [0.25, 0.3) is 0 Å². The highest BCUT2D eigenvalue weighted by molar-refractivity contribution is 7.10. The van der Waals surface area contributed by atoms with Crippen LogP contribution in [0.5, 0.6) is 0 Å². The summed E-state index contributed by atoms with van der Waals surface area (Å²) in [6.45, 7) is 8.01. The van der Waals surface area contributed by atoms with Crippen molar-refractivity contribution in [2.45, 2.75) is 32.4 Å². The summed E-state index contributed by atoms with van der Waals surface area (Å²) >= 11 is 1.86. The molecule has 2 rings (SSSR count). The quantitative estimate of drug-likeness (QED) is 0.806. The molecule has 1 aromatic heterocycles. The van der Waals surface area contributed by atoms with Crippen molar-refractivity contribution in [2.24, 2.45) is 0 Å². The number of rotatable bonds is 6. The lowest BCUT2D eigenvalue weighted by Crippen LogP contribution is -2.43. The van der Waals surface area contributed by atoms with Crippen LogP contribution in [0.15, 0.2) is 11.4 Å². The highest BCUT2D eigenvalue weighted by Gasteiger charge is 2.19. The van der Waals surface area contributed by atoms with E-state index in [2.05, 4.69) is 47.6 Å². The van der Waals surface area contributed by atoms with E-state index in [9.17, 15) is 0 Å². The lowest BCUT2D eigenvalue weighted by Gasteiger charge is -2.35. The van der Waals surface area contributed by atoms with Gasteiger partial charge < -0.3 is 15.1 Å². The van der Waals surface area contributed by atoms with E-state index in [0.29, 0.717) is 0 Å². The van der Waals surface area contributed by atoms with Crippen molar-refractivity contribution in [2.75, 3.05) is 40.3 Å². The zero-order valence-corrected chi connectivity index (χ0v) is 13.3. The Kier molecular flexibility index (Phi) is 5.82. The first kappa shape index (κ1) is 15.0. The van der Waals surface area contributed by atoms with Crippen LogP contribution >= 0.6 is 11.3 Å². The lowest BCUT2D eigenvalue weighted by atomic mass is 10.0. The lowest BCUT2D eigenvalue weighted by molar-refractivity contribution is 0.145. The van der Waals surface area contributed by atoms with Crippen molar-refractivity contribution in [3.8, 4) is 0 Å². The van der Waals surface area contributed by atoms with Gasteiger partial charge in [-0.3, -0.25) is 0 Å². The summed E-state index contributed by atoms with van der Waals surface area (Å²) in [6.07, 6.45) is 2.63. The first-order valence-corrected chi connectivity index (χ1v) is 8.17. The van der Waals surface area contributed by atoms with Gasteiger partial charge in [-0.1, -0.05) is 0 Å². The summed E-state index contributed by atoms with van der Waals surface area (Å²) in [7, 11) is 4.40. The molecule has 0 radical (unpaired) electrons. The molecule has 1 aliphatic heterocycles. The fourth-order valence-electron chi connectivity index (χ4n) is 2.68. The molecule has 108 valence electrons.